The number of hydrogen-bond donors (Lipinski definition) is 2. The number of rotatable bonds is 12. The van der Waals surface area contributed by atoms with Gasteiger partial charge in [0.1, 0.15) is 0 Å². The lowest BCUT2D eigenvalue weighted by Crippen LogP contribution is -2.02. The van der Waals surface area contributed by atoms with E-state index in [1.54, 1.807) is 0 Å². The zero-order valence-electron chi connectivity index (χ0n) is 31.1. The van der Waals surface area contributed by atoms with Crippen molar-refractivity contribution in [2.75, 3.05) is 28.4 Å². The Balaban J connectivity index is 1.87. The third-order valence-electron chi connectivity index (χ3n) is 10.0. The number of allylic oxidation sites excluding steroid dienone is 4. The summed E-state index contributed by atoms with van der Waals surface area (Å²) in [6.45, 7) is 7.99. The van der Waals surface area contributed by atoms with Crippen molar-refractivity contribution < 1.29 is 38.1 Å². The van der Waals surface area contributed by atoms with Crippen LogP contribution in [0.2, 0.25) is 0 Å². The average Bonchev–Trinajstić information content (AvgIpc) is 3.80. The van der Waals surface area contributed by atoms with Gasteiger partial charge in [-0.2, -0.15) is 0 Å². The first kappa shape index (κ1) is 37.7. The number of nitrogens with zero attached hydrogens (tertiary/aromatic N) is 2. The van der Waals surface area contributed by atoms with Gasteiger partial charge < -0.3 is 28.9 Å². The Bertz CT molecular complexity index is 2170. The van der Waals surface area contributed by atoms with Gasteiger partial charge in [0, 0.05) is 47.8 Å². The van der Waals surface area contributed by atoms with Crippen LogP contribution in [-0.2, 0) is 51.0 Å². The fraction of sp³-hybridized carbons (Fsp3) is 0.400. The normalized spacial score (nSPS) is 12.6. The van der Waals surface area contributed by atoms with E-state index < -0.39 is 0 Å². The molecule has 5 rings (SSSR count). The molecular formula is C40H46N4O8. The summed E-state index contributed by atoms with van der Waals surface area (Å²) in [5.41, 5.74) is 13.5. The van der Waals surface area contributed by atoms with Crippen LogP contribution in [-0.4, -0.2) is 72.3 Å². The molecule has 0 atom stereocenters. The van der Waals surface area contributed by atoms with Crippen LogP contribution in [0.4, 0.5) is 0 Å². The Morgan fingerprint density at radius 2 is 0.827 bits per heavy atom. The van der Waals surface area contributed by atoms with Crippen LogP contribution in [0.15, 0.2) is 24.3 Å². The van der Waals surface area contributed by atoms with Gasteiger partial charge in [-0.25, -0.2) is 9.97 Å². The second kappa shape index (κ2) is 16.2. The van der Waals surface area contributed by atoms with Crippen molar-refractivity contribution in [3.63, 3.8) is 0 Å². The standard InChI is InChI=1S/C40H46N4O8/c1-21-25(9-13-37(45)49-5)33-18-31-23(3)26(10-14-38(46)50-6)34(43-31)19-32-24(4)28(12-16-40(48)52-8)36(44-32)20-35-27(11-15-39(47)51-7)22(2)30(42-35)17-29(21)41-33/h17-20,41,43H,9-16H2,1-8H3. The number of hydrogen-bond acceptors (Lipinski definition) is 10. The van der Waals surface area contributed by atoms with Crippen LogP contribution in [0, 0.1) is 13.8 Å². The summed E-state index contributed by atoms with van der Waals surface area (Å²) < 4.78 is 19.8. The molecule has 0 saturated heterocycles. The van der Waals surface area contributed by atoms with Gasteiger partial charge in [-0.05, 0) is 122 Å². The van der Waals surface area contributed by atoms with E-state index in [0.717, 1.165) is 72.3 Å². The highest BCUT2D eigenvalue weighted by molar-refractivity contribution is 5.96. The van der Waals surface area contributed by atoms with Gasteiger partial charge in [-0.15, -0.1) is 0 Å². The number of carbonyl (C=O) groups excluding carboxylic acids is 4. The molecule has 0 unspecified atom stereocenters. The number of nitrogens with one attached hydrogen (secondary N) is 2. The number of aryl methyl sites for hydroxylation is 4. The van der Waals surface area contributed by atoms with Gasteiger partial charge in [0.05, 0.1) is 51.2 Å². The molecule has 0 spiro atoms. The Morgan fingerprint density at radius 3 is 1.23 bits per heavy atom. The maximum Gasteiger partial charge on any atom is 0.305 e. The molecule has 8 bridgehead atoms. The molecule has 3 aromatic rings. The van der Waals surface area contributed by atoms with E-state index in [1.165, 1.54) is 28.4 Å². The van der Waals surface area contributed by atoms with E-state index in [9.17, 15) is 19.2 Å². The third kappa shape index (κ3) is 8.01. The number of fused-ring (bicyclic) bond motifs is 8. The maximum atomic E-state index is 12.3. The fourth-order valence-corrected chi connectivity index (χ4v) is 6.81. The van der Waals surface area contributed by atoms with E-state index in [0.29, 0.717) is 42.8 Å². The number of esters is 4. The van der Waals surface area contributed by atoms with Crippen molar-refractivity contribution in [3.8, 4) is 0 Å². The molecule has 0 saturated carbocycles. The Kier molecular flexibility index (Phi) is 11.8. The predicted molar refractivity (Wildman–Crippen MR) is 199 cm³/mol. The minimum atomic E-state index is -0.329. The molecule has 2 N–H and O–H groups in total. The van der Waals surface area contributed by atoms with Crippen molar-refractivity contribution in [2.24, 2.45) is 0 Å². The lowest BCUT2D eigenvalue weighted by molar-refractivity contribution is -0.141. The molecule has 0 amide bonds. The Hall–Kier alpha value is -5.52. The maximum absolute atomic E-state index is 12.3. The first-order valence-electron chi connectivity index (χ1n) is 17.3. The molecule has 2 aliphatic rings. The molecule has 0 fully saturated rings. The largest absolute Gasteiger partial charge is 0.469 e. The minimum Gasteiger partial charge on any atom is -0.469 e. The quantitative estimate of drug-likeness (QED) is 0.149. The molecule has 2 aliphatic heterocycles. The molecule has 12 heteroatoms. The highest BCUT2D eigenvalue weighted by atomic mass is 16.5. The lowest BCUT2D eigenvalue weighted by Gasteiger charge is -2.06. The predicted octanol–water partition coefficient (Wildman–Crippen LogP) is 6.91. The van der Waals surface area contributed by atoms with Crippen LogP contribution in [0.5, 0.6) is 0 Å². The summed E-state index contributed by atoms with van der Waals surface area (Å²) in [6.07, 6.45) is 2.43. The first-order chi connectivity index (χ1) is 24.9. The SMILES string of the molecule is COC(=O)CCC1=C(C)c2cc3[nH]c(cc4[nH]c(cc5nc(cc1n2)C(CCC(=O)OC)=C5C)c(CCC(=O)OC)c4C)c(CCC(=O)OC)c3C. The van der Waals surface area contributed by atoms with Crippen molar-refractivity contribution in [2.45, 2.75) is 79.1 Å². The third-order valence-corrected chi connectivity index (χ3v) is 10.0. The monoisotopic (exact) mass is 710 g/mol. The molecule has 5 heterocycles. The Morgan fingerprint density at radius 1 is 0.481 bits per heavy atom. The number of ether oxygens (including phenoxy) is 4. The smallest absolute Gasteiger partial charge is 0.305 e. The van der Waals surface area contributed by atoms with E-state index in [-0.39, 0.29) is 49.6 Å². The second-order valence-corrected chi connectivity index (χ2v) is 13.0. The van der Waals surface area contributed by atoms with E-state index in [2.05, 4.69) is 9.97 Å². The minimum absolute atomic E-state index is 0.169. The molecular weight excluding hydrogens is 664 g/mol. The number of aromatic nitrogens is 4. The van der Waals surface area contributed by atoms with Gasteiger partial charge in [-0.3, -0.25) is 19.2 Å². The molecule has 52 heavy (non-hydrogen) atoms. The zero-order valence-corrected chi connectivity index (χ0v) is 31.1. The zero-order chi connectivity index (χ0) is 37.7. The lowest BCUT2D eigenvalue weighted by atomic mass is 9.98. The second-order valence-electron chi connectivity index (χ2n) is 13.0. The van der Waals surface area contributed by atoms with Crippen LogP contribution < -0.4 is 0 Å². The molecule has 12 nitrogen and oxygen atoms in total. The highest BCUT2D eigenvalue weighted by Crippen LogP contribution is 2.38. The number of carbonyl (C=O) groups is 4. The van der Waals surface area contributed by atoms with Crippen LogP contribution in [0.1, 0.15) is 97.4 Å². The van der Waals surface area contributed by atoms with Gasteiger partial charge in [0.15, 0.2) is 0 Å². The number of methoxy groups -OCH3 is 4. The summed E-state index contributed by atoms with van der Waals surface area (Å²) in [5.74, 6) is -1.28. The van der Waals surface area contributed by atoms with Crippen molar-refractivity contribution in [3.05, 3.63) is 69.3 Å². The molecule has 3 aromatic heterocycles. The van der Waals surface area contributed by atoms with Gasteiger partial charge in [0.2, 0.25) is 0 Å². The summed E-state index contributed by atoms with van der Waals surface area (Å²) in [6, 6.07) is 7.92. The van der Waals surface area contributed by atoms with E-state index in [1.807, 2.05) is 52.0 Å². The van der Waals surface area contributed by atoms with Crippen molar-refractivity contribution in [1.82, 2.24) is 19.9 Å². The number of aromatic amines is 2. The van der Waals surface area contributed by atoms with Crippen LogP contribution >= 0.6 is 0 Å². The first-order valence-corrected chi connectivity index (χ1v) is 17.3. The molecule has 0 aliphatic carbocycles. The number of H-pyrrole nitrogens is 2. The van der Waals surface area contributed by atoms with Gasteiger partial charge >= 0.3 is 23.9 Å². The molecule has 0 radical (unpaired) electrons. The summed E-state index contributed by atoms with van der Waals surface area (Å²) in [5, 5.41) is 0. The van der Waals surface area contributed by atoms with Crippen molar-refractivity contribution in [1.29, 1.82) is 0 Å². The van der Waals surface area contributed by atoms with Crippen molar-refractivity contribution >= 4 is 68.2 Å². The summed E-state index contributed by atoms with van der Waals surface area (Å²) in [7, 11) is 5.50. The van der Waals surface area contributed by atoms with Gasteiger partial charge in [0.25, 0.3) is 0 Å². The summed E-state index contributed by atoms with van der Waals surface area (Å²) >= 11 is 0. The van der Waals surface area contributed by atoms with Gasteiger partial charge in [-0.1, -0.05) is 0 Å². The highest BCUT2D eigenvalue weighted by Gasteiger charge is 2.23. The van der Waals surface area contributed by atoms with Crippen LogP contribution in [0.3, 0.4) is 0 Å². The van der Waals surface area contributed by atoms with Crippen LogP contribution in [0.25, 0.3) is 44.4 Å². The van der Waals surface area contributed by atoms with E-state index >= 15 is 0 Å². The average molecular weight is 711 g/mol. The topological polar surface area (TPSA) is 163 Å². The fourth-order valence-electron chi connectivity index (χ4n) is 6.81. The summed E-state index contributed by atoms with van der Waals surface area (Å²) in [4.78, 5) is 66.5. The Labute approximate surface area is 302 Å². The van der Waals surface area contributed by atoms with E-state index in [4.69, 9.17) is 28.9 Å². The molecule has 274 valence electrons. The molecule has 0 aromatic carbocycles.